The number of halogens is 1. The third-order valence-electron chi connectivity index (χ3n) is 6.45. The lowest BCUT2D eigenvalue weighted by Gasteiger charge is -2.54. The molecule has 6 heteroatoms. The van der Waals surface area contributed by atoms with Gasteiger partial charge in [-0.15, -0.1) is 24.0 Å². The van der Waals surface area contributed by atoms with Gasteiger partial charge in [0.1, 0.15) is 0 Å². The molecule has 5 nitrogen and oxygen atoms in total. The van der Waals surface area contributed by atoms with Crippen LogP contribution in [0.3, 0.4) is 0 Å². The van der Waals surface area contributed by atoms with Crippen LogP contribution >= 0.6 is 24.0 Å². The van der Waals surface area contributed by atoms with Crippen LogP contribution in [0.5, 0.6) is 0 Å². The highest BCUT2D eigenvalue weighted by Gasteiger charge is 2.56. The van der Waals surface area contributed by atoms with Crippen LogP contribution in [0.2, 0.25) is 0 Å². The lowest BCUT2D eigenvalue weighted by Crippen LogP contribution is -2.65. The maximum Gasteiger partial charge on any atom is 0.191 e. The number of ether oxygens (including phenoxy) is 1. The number of aliphatic hydroxyl groups is 1. The van der Waals surface area contributed by atoms with Crippen molar-refractivity contribution in [3.05, 3.63) is 0 Å². The first kappa shape index (κ1) is 21.2. The monoisotopic (exact) mass is 465 g/mol. The molecular formula is C19H36IN3O2. The minimum atomic E-state index is -0.163. The number of guanidine groups is 1. The Morgan fingerprint density at radius 1 is 1.20 bits per heavy atom. The van der Waals surface area contributed by atoms with Gasteiger partial charge in [-0.2, -0.15) is 0 Å². The van der Waals surface area contributed by atoms with Gasteiger partial charge >= 0.3 is 0 Å². The molecule has 0 saturated heterocycles. The van der Waals surface area contributed by atoms with E-state index in [1.165, 1.54) is 25.7 Å². The minimum absolute atomic E-state index is 0. The molecule has 0 aromatic carbocycles. The summed E-state index contributed by atoms with van der Waals surface area (Å²) in [6.45, 7) is 6.62. The molecule has 1 spiro atoms. The van der Waals surface area contributed by atoms with E-state index in [9.17, 15) is 5.11 Å². The van der Waals surface area contributed by atoms with Gasteiger partial charge in [0.2, 0.25) is 0 Å². The summed E-state index contributed by atoms with van der Waals surface area (Å²) in [5.74, 6) is 1.25. The van der Waals surface area contributed by atoms with Crippen LogP contribution in [-0.4, -0.2) is 49.0 Å². The number of rotatable bonds is 6. The molecule has 146 valence electrons. The Hall–Kier alpha value is -0.0800. The zero-order valence-corrected chi connectivity index (χ0v) is 18.1. The number of hydrogen-bond acceptors (Lipinski definition) is 3. The molecular weight excluding hydrogens is 429 g/mol. The summed E-state index contributed by atoms with van der Waals surface area (Å²) in [6, 6.07) is 0.475. The van der Waals surface area contributed by atoms with Crippen LogP contribution in [0.25, 0.3) is 0 Å². The van der Waals surface area contributed by atoms with Gasteiger partial charge in [-0.1, -0.05) is 19.3 Å². The lowest BCUT2D eigenvalue weighted by molar-refractivity contribution is -0.125. The Morgan fingerprint density at radius 2 is 1.96 bits per heavy atom. The van der Waals surface area contributed by atoms with Crippen LogP contribution in [0.4, 0.5) is 0 Å². The lowest BCUT2D eigenvalue weighted by atomic mass is 9.60. The molecule has 3 aliphatic rings. The van der Waals surface area contributed by atoms with Gasteiger partial charge in [-0.3, -0.25) is 4.99 Å². The Bertz CT molecular complexity index is 440. The molecule has 3 rings (SSSR count). The van der Waals surface area contributed by atoms with Gasteiger partial charge in [-0.25, -0.2) is 0 Å². The highest BCUT2D eigenvalue weighted by atomic mass is 127. The molecule has 0 heterocycles. The van der Waals surface area contributed by atoms with E-state index in [-0.39, 0.29) is 30.1 Å². The summed E-state index contributed by atoms with van der Waals surface area (Å²) in [5.41, 5.74) is 0.319. The van der Waals surface area contributed by atoms with Crippen LogP contribution in [0, 0.1) is 11.3 Å². The molecule has 4 unspecified atom stereocenters. The molecule has 3 fully saturated rings. The maximum atomic E-state index is 10.0. The van der Waals surface area contributed by atoms with Gasteiger partial charge in [0, 0.05) is 37.1 Å². The molecule has 0 bridgehead atoms. The van der Waals surface area contributed by atoms with Gasteiger partial charge < -0.3 is 20.5 Å². The van der Waals surface area contributed by atoms with Crippen molar-refractivity contribution in [1.29, 1.82) is 0 Å². The van der Waals surface area contributed by atoms with E-state index >= 15 is 0 Å². The SMILES string of the molecule is CCNC(=NCC1CCCC1O)NC1CC(OCC)C12CCCC2.I. The normalized spacial score (nSPS) is 33.8. The second kappa shape index (κ2) is 9.74. The first-order valence-electron chi connectivity index (χ1n) is 10.0. The zero-order valence-electron chi connectivity index (χ0n) is 15.8. The zero-order chi connectivity index (χ0) is 17.0. The third kappa shape index (κ3) is 4.61. The van der Waals surface area contributed by atoms with E-state index in [0.717, 1.165) is 51.3 Å². The minimum Gasteiger partial charge on any atom is -0.393 e. The number of aliphatic hydroxyl groups excluding tert-OH is 1. The number of nitrogens with one attached hydrogen (secondary N) is 2. The van der Waals surface area contributed by atoms with Crippen molar-refractivity contribution in [3.8, 4) is 0 Å². The summed E-state index contributed by atoms with van der Waals surface area (Å²) < 4.78 is 6.01. The van der Waals surface area contributed by atoms with Crippen LogP contribution in [-0.2, 0) is 4.74 Å². The smallest absolute Gasteiger partial charge is 0.191 e. The van der Waals surface area contributed by atoms with E-state index in [1.807, 2.05) is 0 Å². The molecule has 3 N–H and O–H groups in total. The summed E-state index contributed by atoms with van der Waals surface area (Å²) in [7, 11) is 0. The van der Waals surface area contributed by atoms with Crippen LogP contribution in [0.1, 0.15) is 65.2 Å². The number of nitrogens with zero attached hydrogens (tertiary/aromatic N) is 1. The maximum absolute atomic E-state index is 10.0. The van der Waals surface area contributed by atoms with Crippen molar-refractivity contribution in [3.63, 3.8) is 0 Å². The Kier molecular flexibility index (Phi) is 8.27. The summed E-state index contributed by atoms with van der Waals surface area (Å²) >= 11 is 0. The molecule has 0 aromatic heterocycles. The molecule has 3 saturated carbocycles. The molecule has 3 aliphatic carbocycles. The van der Waals surface area contributed by atoms with Crippen molar-refractivity contribution >= 4 is 29.9 Å². The Labute approximate surface area is 169 Å². The predicted octanol–water partition coefficient (Wildman–Crippen LogP) is 3.06. The highest BCUT2D eigenvalue weighted by molar-refractivity contribution is 14.0. The van der Waals surface area contributed by atoms with Crippen molar-refractivity contribution in [2.75, 3.05) is 19.7 Å². The largest absolute Gasteiger partial charge is 0.393 e. The summed E-state index contributed by atoms with van der Waals surface area (Å²) in [4.78, 5) is 4.79. The topological polar surface area (TPSA) is 65.9 Å². The molecule has 0 aliphatic heterocycles. The number of hydrogen-bond donors (Lipinski definition) is 3. The fraction of sp³-hybridized carbons (Fsp3) is 0.947. The van der Waals surface area contributed by atoms with E-state index in [0.29, 0.717) is 23.5 Å². The van der Waals surface area contributed by atoms with Crippen molar-refractivity contribution in [2.45, 2.75) is 83.5 Å². The Balaban J connectivity index is 0.00000225. The average molecular weight is 465 g/mol. The van der Waals surface area contributed by atoms with E-state index in [4.69, 9.17) is 9.73 Å². The first-order valence-corrected chi connectivity index (χ1v) is 10.0. The van der Waals surface area contributed by atoms with E-state index in [2.05, 4.69) is 24.5 Å². The van der Waals surface area contributed by atoms with Crippen molar-refractivity contribution in [2.24, 2.45) is 16.3 Å². The fourth-order valence-corrected chi connectivity index (χ4v) is 5.01. The van der Waals surface area contributed by atoms with E-state index < -0.39 is 0 Å². The Morgan fingerprint density at radius 3 is 2.56 bits per heavy atom. The van der Waals surface area contributed by atoms with Gasteiger partial charge in [0.25, 0.3) is 0 Å². The molecule has 0 radical (unpaired) electrons. The molecule has 0 aromatic rings. The second-order valence-corrected chi connectivity index (χ2v) is 7.79. The first-order chi connectivity index (χ1) is 11.7. The van der Waals surface area contributed by atoms with Crippen LogP contribution < -0.4 is 10.6 Å². The summed E-state index contributed by atoms with van der Waals surface area (Å²) in [5, 5.41) is 17.1. The van der Waals surface area contributed by atoms with Crippen molar-refractivity contribution < 1.29 is 9.84 Å². The molecule has 0 amide bonds. The highest BCUT2D eigenvalue weighted by Crippen LogP contribution is 2.54. The predicted molar refractivity (Wildman–Crippen MR) is 113 cm³/mol. The third-order valence-corrected chi connectivity index (χ3v) is 6.45. The number of aliphatic imine (C=N–C) groups is 1. The molecule has 4 atom stereocenters. The van der Waals surface area contributed by atoms with Gasteiger partial charge in [-0.05, 0) is 46.0 Å². The van der Waals surface area contributed by atoms with Gasteiger partial charge in [0.15, 0.2) is 5.96 Å². The van der Waals surface area contributed by atoms with E-state index in [1.54, 1.807) is 0 Å². The quantitative estimate of drug-likeness (QED) is 0.321. The fourth-order valence-electron chi connectivity index (χ4n) is 5.01. The van der Waals surface area contributed by atoms with Gasteiger partial charge in [0.05, 0.1) is 12.2 Å². The molecule has 25 heavy (non-hydrogen) atoms. The van der Waals surface area contributed by atoms with Crippen molar-refractivity contribution in [1.82, 2.24) is 10.6 Å². The standard InChI is InChI=1S/C19H35N3O2.HI/c1-3-20-18(21-13-14-8-7-9-15(14)23)22-16-12-17(24-4-2)19(16)10-5-6-11-19;/h14-17,23H,3-13H2,1-2H3,(H2,20,21,22);1H. The average Bonchev–Trinajstić information content (AvgIpc) is 3.22. The summed E-state index contributed by atoms with van der Waals surface area (Å²) in [6.07, 6.45) is 9.71. The van der Waals surface area contributed by atoms with Crippen LogP contribution in [0.15, 0.2) is 4.99 Å². The second-order valence-electron chi connectivity index (χ2n) is 7.79.